The van der Waals surface area contributed by atoms with Gasteiger partial charge in [-0.25, -0.2) is 4.98 Å². The van der Waals surface area contributed by atoms with Gasteiger partial charge >= 0.3 is 0 Å². The third kappa shape index (κ3) is 4.40. The summed E-state index contributed by atoms with van der Waals surface area (Å²) in [6.45, 7) is 0. The maximum absolute atomic E-state index is 5.09. The molecule has 2 heterocycles. The zero-order valence-electron chi connectivity index (χ0n) is 29.9. The number of imidazole rings is 1. The highest BCUT2D eigenvalue weighted by Gasteiger charge is 2.19. The summed E-state index contributed by atoms with van der Waals surface area (Å²) in [5.74, 6) is 0. The van der Waals surface area contributed by atoms with Crippen molar-refractivity contribution in [1.82, 2.24) is 9.38 Å². The van der Waals surface area contributed by atoms with Crippen LogP contribution in [0.15, 0.2) is 194 Å². The number of nitrogens with zero attached hydrogens (tertiary/aromatic N) is 2. The Bertz CT molecular complexity index is 3450. The maximum Gasteiger partial charge on any atom is 0.137 e. The molecular formula is C53H32N2. The number of aromatic nitrogens is 2. The summed E-state index contributed by atoms with van der Waals surface area (Å²) < 4.78 is 2.11. The molecule has 0 radical (unpaired) electrons. The molecule has 0 atom stereocenters. The zero-order chi connectivity index (χ0) is 36.0. The summed E-state index contributed by atoms with van der Waals surface area (Å²) in [6, 6.07) is 66.9. The van der Waals surface area contributed by atoms with Crippen LogP contribution in [0.5, 0.6) is 0 Å². The van der Waals surface area contributed by atoms with Crippen molar-refractivity contribution in [2.45, 2.75) is 0 Å². The van der Waals surface area contributed by atoms with Crippen LogP contribution >= 0.6 is 0 Å². The first-order chi connectivity index (χ1) is 27.3. The van der Waals surface area contributed by atoms with Gasteiger partial charge in [-0.3, -0.25) is 0 Å². The summed E-state index contributed by atoms with van der Waals surface area (Å²) in [6.07, 6.45) is 4.22. The highest BCUT2D eigenvalue weighted by molar-refractivity contribution is 6.34. The molecule has 0 aliphatic heterocycles. The Morgan fingerprint density at radius 1 is 0.327 bits per heavy atom. The Kier molecular flexibility index (Phi) is 6.37. The van der Waals surface area contributed by atoms with Gasteiger partial charge in [0.1, 0.15) is 5.65 Å². The molecule has 254 valence electrons. The van der Waals surface area contributed by atoms with Crippen LogP contribution in [0.3, 0.4) is 0 Å². The van der Waals surface area contributed by atoms with Crippen LogP contribution in [-0.4, -0.2) is 9.38 Å². The lowest BCUT2D eigenvalue weighted by molar-refractivity contribution is 1.19. The third-order valence-electron chi connectivity index (χ3n) is 11.8. The minimum atomic E-state index is 0.945. The summed E-state index contributed by atoms with van der Waals surface area (Å²) in [5, 5.41) is 17.7. The van der Waals surface area contributed by atoms with Gasteiger partial charge in [0, 0.05) is 18.0 Å². The number of fused-ring (bicyclic) bond motifs is 8. The molecule has 12 rings (SSSR count). The van der Waals surface area contributed by atoms with Crippen molar-refractivity contribution in [3.8, 4) is 33.5 Å². The first kappa shape index (κ1) is 30.2. The topological polar surface area (TPSA) is 17.3 Å². The van der Waals surface area contributed by atoms with E-state index in [1.807, 2.05) is 12.1 Å². The van der Waals surface area contributed by atoms with Crippen LogP contribution in [0.25, 0.3) is 115 Å². The summed E-state index contributed by atoms with van der Waals surface area (Å²) in [5.41, 5.74) is 7.97. The Labute approximate surface area is 317 Å². The van der Waals surface area contributed by atoms with Crippen molar-refractivity contribution in [3.05, 3.63) is 194 Å². The molecule has 2 heteroatoms. The first-order valence-corrected chi connectivity index (χ1v) is 19.0. The van der Waals surface area contributed by atoms with E-state index in [1.54, 1.807) is 0 Å². The molecule has 0 fully saturated rings. The van der Waals surface area contributed by atoms with E-state index in [0.717, 1.165) is 11.3 Å². The fourth-order valence-electron chi connectivity index (χ4n) is 9.44. The number of hydrogen-bond acceptors (Lipinski definition) is 1. The minimum absolute atomic E-state index is 0.945. The van der Waals surface area contributed by atoms with Gasteiger partial charge in [-0.2, -0.15) is 0 Å². The second kappa shape index (κ2) is 11.6. The second-order valence-corrected chi connectivity index (χ2v) is 14.7. The van der Waals surface area contributed by atoms with Crippen molar-refractivity contribution >= 4 is 81.1 Å². The SMILES string of the molecule is c1ccc2c(-c3cn4ccccc4n3)c3ccccc3c(-c3ccc(-c4cccc5c6cccc7ccc8cccc(c9ccccc9c45)c8c76)cc3)c2c1. The lowest BCUT2D eigenvalue weighted by Crippen LogP contribution is -1.91. The van der Waals surface area contributed by atoms with E-state index < -0.39 is 0 Å². The fraction of sp³-hybridized carbons (Fsp3) is 0. The molecule has 55 heavy (non-hydrogen) atoms. The molecule has 10 aromatic carbocycles. The van der Waals surface area contributed by atoms with Crippen LogP contribution in [0.4, 0.5) is 0 Å². The molecule has 0 N–H and O–H groups in total. The molecule has 12 aromatic rings. The van der Waals surface area contributed by atoms with E-state index in [9.17, 15) is 0 Å². The molecule has 0 aliphatic rings. The lowest BCUT2D eigenvalue weighted by atomic mass is 9.86. The monoisotopic (exact) mass is 696 g/mol. The largest absolute Gasteiger partial charge is 0.306 e. The normalized spacial score (nSPS) is 12.0. The Hall–Kier alpha value is -7.29. The summed E-state index contributed by atoms with van der Waals surface area (Å²) in [4.78, 5) is 5.09. The third-order valence-corrected chi connectivity index (χ3v) is 11.8. The predicted octanol–water partition coefficient (Wildman–Crippen LogP) is 14.4. The first-order valence-electron chi connectivity index (χ1n) is 19.0. The standard InChI is InChI=1S/C53H32N2/c1-2-15-40-38(14-1)39-21-9-12-34-29-30-35-13-10-22-43(51(35)50(34)39)44-23-11-20-37(52(40)44)33-25-27-36(28-26-33)49-41-16-3-5-18-45(41)53(46-19-6-4-17-42(46)49)47-32-55-31-8-7-24-48(55)54-47/h1-32H. The number of rotatable bonds is 3. The van der Waals surface area contributed by atoms with Gasteiger partial charge < -0.3 is 4.40 Å². The van der Waals surface area contributed by atoms with Gasteiger partial charge in [0.15, 0.2) is 0 Å². The van der Waals surface area contributed by atoms with E-state index in [1.165, 1.54) is 103 Å². The fourth-order valence-corrected chi connectivity index (χ4v) is 9.44. The van der Waals surface area contributed by atoms with E-state index in [-0.39, 0.29) is 0 Å². The van der Waals surface area contributed by atoms with Crippen molar-refractivity contribution in [1.29, 1.82) is 0 Å². The van der Waals surface area contributed by atoms with Crippen molar-refractivity contribution in [2.24, 2.45) is 0 Å². The van der Waals surface area contributed by atoms with E-state index in [0.29, 0.717) is 0 Å². The molecule has 2 nitrogen and oxygen atoms in total. The van der Waals surface area contributed by atoms with E-state index in [4.69, 9.17) is 4.98 Å². The molecule has 0 amide bonds. The van der Waals surface area contributed by atoms with Crippen molar-refractivity contribution < 1.29 is 0 Å². The number of pyridine rings is 1. The molecule has 0 saturated carbocycles. The maximum atomic E-state index is 5.09. The molecule has 0 aliphatic carbocycles. The van der Waals surface area contributed by atoms with E-state index >= 15 is 0 Å². The van der Waals surface area contributed by atoms with E-state index in [2.05, 4.69) is 187 Å². The average molecular weight is 697 g/mol. The van der Waals surface area contributed by atoms with Crippen LogP contribution < -0.4 is 0 Å². The molecule has 2 aromatic heterocycles. The Balaban J connectivity index is 1.12. The van der Waals surface area contributed by atoms with Crippen LogP contribution in [-0.2, 0) is 0 Å². The average Bonchev–Trinajstić information content (AvgIpc) is 3.68. The Morgan fingerprint density at radius 3 is 1.44 bits per heavy atom. The molecular weight excluding hydrogens is 665 g/mol. The van der Waals surface area contributed by atoms with Gasteiger partial charge in [-0.1, -0.05) is 170 Å². The van der Waals surface area contributed by atoms with Crippen molar-refractivity contribution in [3.63, 3.8) is 0 Å². The Morgan fingerprint density at radius 2 is 0.800 bits per heavy atom. The smallest absolute Gasteiger partial charge is 0.137 e. The number of hydrogen-bond donors (Lipinski definition) is 0. The van der Waals surface area contributed by atoms with Gasteiger partial charge in [0.05, 0.1) is 5.69 Å². The second-order valence-electron chi connectivity index (χ2n) is 14.7. The van der Waals surface area contributed by atoms with Crippen LogP contribution in [0, 0.1) is 0 Å². The van der Waals surface area contributed by atoms with Gasteiger partial charge in [0.25, 0.3) is 0 Å². The molecule has 0 bridgehead atoms. The molecule has 0 unspecified atom stereocenters. The van der Waals surface area contributed by atoms with Gasteiger partial charge in [0.2, 0.25) is 0 Å². The highest BCUT2D eigenvalue weighted by Crippen LogP contribution is 2.45. The summed E-state index contributed by atoms with van der Waals surface area (Å²) in [7, 11) is 0. The van der Waals surface area contributed by atoms with Crippen molar-refractivity contribution in [2.75, 3.05) is 0 Å². The quantitative estimate of drug-likeness (QED) is 0.133. The summed E-state index contributed by atoms with van der Waals surface area (Å²) >= 11 is 0. The predicted molar refractivity (Wildman–Crippen MR) is 234 cm³/mol. The van der Waals surface area contributed by atoms with Gasteiger partial charge in [-0.05, 0) is 110 Å². The lowest BCUT2D eigenvalue weighted by Gasteiger charge is -2.17. The van der Waals surface area contributed by atoms with Gasteiger partial charge in [-0.15, -0.1) is 0 Å². The van der Waals surface area contributed by atoms with Crippen LogP contribution in [0.2, 0.25) is 0 Å². The zero-order valence-corrected chi connectivity index (χ0v) is 29.9. The number of benzene rings is 9. The molecule has 0 saturated heterocycles. The molecule has 0 spiro atoms. The van der Waals surface area contributed by atoms with Crippen LogP contribution in [0.1, 0.15) is 0 Å². The highest BCUT2D eigenvalue weighted by atomic mass is 15.0. The minimum Gasteiger partial charge on any atom is -0.306 e.